The number of alkyl halides is 3. The lowest BCUT2D eigenvalue weighted by Gasteiger charge is -2.14. The summed E-state index contributed by atoms with van der Waals surface area (Å²) in [4.78, 5) is 4.19. The van der Waals surface area contributed by atoms with E-state index in [9.17, 15) is 13.2 Å². The molecule has 0 saturated heterocycles. The summed E-state index contributed by atoms with van der Waals surface area (Å²) < 4.78 is 51.5. The number of benzene rings is 2. The second-order valence-corrected chi connectivity index (χ2v) is 6.39. The molecule has 2 aromatic rings. The van der Waals surface area contributed by atoms with E-state index in [1.54, 1.807) is 33.4 Å². The van der Waals surface area contributed by atoms with Crippen molar-refractivity contribution in [1.82, 2.24) is 10.6 Å². The quantitative estimate of drug-likeness (QED) is 0.474. The van der Waals surface area contributed by atoms with Gasteiger partial charge in [-0.2, -0.15) is 13.2 Å². The molecule has 2 rings (SSSR count). The number of guanidine groups is 1. The predicted molar refractivity (Wildman–Crippen MR) is 109 cm³/mol. The van der Waals surface area contributed by atoms with Gasteiger partial charge in [0.15, 0.2) is 17.5 Å². The van der Waals surface area contributed by atoms with Crippen molar-refractivity contribution in [1.29, 1.82) is 0 Å². The maximum absolute atomic E-state index is 12.1. The maximum atomic E-state index is 12.1. The van der Waals surface area contributed by atoms with E-state index in [1.807, 2.05) is 30.3 Å². The molecule has 6 nitrogen and oxygen atoms in total. The van der Waals surface area contributed by atoms with Crippen molar-refractivity contribution in [3.63, 3.8) is 0 Å². The van der Waals surface area contributed by atoms with Crippen LogP contribution in [0.5, 0.6) is 11.5 Å². The second-order valence-electron chi connectivity index (χ2n) is 6.39. The summed E-state index contributed by atoms with van der Waals surface area (Å²) in [7, 11) is 4.85. The van der Waals surface area contributed by atoms with Crippen LogP contribution in [-0.2, 0) is 24.4 Å². The van der Waals surface area contributed by atoms with Gasteiger partial charge in [0.25, 0.3) is 0 Å². The lowest BCUT2D eigenvalue weighted by atomic mass is 10.1. The van der Waals surface area contributed by atoms with Gasteiger partial charge < -0.3 is 24.8 Å². The number of halogens is 3. The number of nitrogens with zero attached hydrogens (tertiary/aromatic N) is 1. The first kappa shape index (κ1) is 23.3. The number of aliphatic imine (C=N–C) groups is 1. The first-order valence-corrected chi connectivity index (χ1v) is 9.22. The van der Waals surface area contributed by atoms with Crippen LogP contribution in [0.2, 0.25) is 0 Å². The van der Waals surface area contributed by atoms with E-state index in [0.717, 1.165) is 11.1 Å². The average molecular weight is 425 g/mol. The van der Waals surface area contributed by atoms with E-state index in [2.05, 4.69) is 20.4 Å². The molecule has 9 heteroatoms. The molecule has 0 aliphatic heterocycles. The van der Waals surface area contributed by atoms with Crippen molar-refractivity contribution in [3.05, 3.63) is 59.2 Å². The Balaban J connectivity index is 1.81. The first-order valence-electron chi connectivity index (χ1n) is 9.22. The Kier molecular flexibility index (Phi) is 8.79. The fourth-order valence-corrected chi connectivity index (χ4v) is 2.62. The Labute approximate surface area is 174 Å². The number of hydrogen-bond donors (Lipinski definition) is 2. The molecule has 0 aliphatic rings. The summed E-state index contributed by atoms with van der Waals surface area (Å²) in [5.74, 6) is 1.93. The standard InChI is InChI=1S/C21H26F3N3O3/c1-25-20(27-12-17-8-9-18(28-2)19(10-17)29-3)26-11-15-4-6-16(7-5-15)13-30-14-21(22,23)24/h4-10H,11-14H2,1-3H3,(H2,25,26,27). The molecule has 0 aromatic heterocycles. The summed E-state index contributed by atoms with van der Waals surface area (Å²) in [5, 5.41) is 6.41. The molecule has 0 radical (unpaired) electrons. The number of ether oxygens (including phenoxy) is 3. The van der Waals surface area contributed by atoms with Crippen LogP contribution in [0, 0.1) is 0 Å². The van der Waals surface area contributed by atoms with E-state index in [-0.39, 0.29) is 6.61 Å². The fraction of sp³-hybridized carbons (Fsp3) is 0.381. The van der Waals surface area contributed by atoms with E-state index in [4.69, 9.17) is 9.47 Å². The summed E-state index contributed by atoms with van der Waals surface area (Å²) in [6, 6.07) is 12.8. The van der Waals surface area contributed by atoms with Crippen molar-refractivity contribution < 1.29 is 27.4 Å². The van der Waals surface area contributed by atoms with E-state index in [0.29, 0.717) is 36.1 Å². The third-order valence-corrected chi connectivity index (χ3v) is 4.15. The van der Waals surface area contributed by atoms with E-state index in [1.165, 1.54) is 0 Å². The highest BCUT2D eigenvalue weighted by atomic mass is 19.4. The molecule has 0 atom stereocenters. The molecule has 0 spiro atoms. The zero-order valence-corrected chi connectivity index (χ0v) is 17.2. The fourth-order valence-electron chi connectivity index (χ4n) is 2.62. The normalized spacial score (nSPS) is 11.9. The highest BCUT2D eigenvalue weighted by Gasteiger charge is 2.27. The van der Waals surface area contributed by atoms with Crippen molar-refractivity contribution in [2.24, 2.45) is 4.99 Å². The minimum atomic E-state index is -4.32. The smallest absolute Gasteiger partial charge is 0.411 e. The van der Waals surface area contributed by atoms with Crippen molar-refractivity contribution in [2.45, 2.75) is 25.9 Å². The van der Waals surface area contributed by atoms with Gasteiger partial charge in [-0.3, -0.25) is 4.99 Å². The lowest BCUT2D eigenvalue weighted by molar-refractivity contribution is -0.176. The molecular weight excluding hydrogens is 399 g/mol. The van der Waals surface area contributed by atoms with Gasteiger partial charge in [-0.1, -0.05) is 30.3 Å². The number of rotatable bonds is 9. The third kappa shape index (κ3) is 7.82. The van der Waals surface area contributed by atoms with Crippen molar-refractivity contribution >= 4 is 5.96 Å². The molecule has 0 unspecified atom stereocenters. The monoisotopic (exact) mass is 425 g/mol. The Morgan fingerprint density at radius 3 is 2.00 bits per heavy atom. The highest BCUT2D eigenvalue weighted by Crippen LogP contribution is 2.27. The minimum Gasteiger partial charge on any atom is -0.493 e. The van der Waals surface area contributed by atoms with Crippen LogP contribution in [0.3, 0.4) is 0 Å². The zero-order chi connectivity index (χ0) is 22.0. The average Bonchev–Trinajstić information content (AvgIpc) is 2.73. The van der Waals surface area contributed by atoms with Crippen molar-refractivity contribution in [2.75, 3.05) is 27.9 Å². The molecule has 0 aliphatic carbocycles. The first-order chi connectivity index (χ1) is 14.3. The Hall–Kier alpha value is -2.94. The van der Waals surface area contributed by atoms with Gasteiger partial charge in [-0.15, -0.1) is 0 Å². The number of nitrogens with one attached hydrogen (secondary N) is 2. The molecule has 0 saturated carbocycles. The molecule has 164 valence electrons. The van der Waals surface area contributed by atoms with Crippen LogP contribution in [0.25, 0.3) is 0 Å². The van der Waals surface area contributed by atoms with E-state index >= 15 is 0 Å². The van der Waals surface area contributed by atoms with Crippen LogP contribution in [-0.4, -0.2) is 40.0 Å². The van der Waals surface area contributed by atoms with Crippen LogP contribution < -0.4 is 20.1 Å². The number of hydrogen-bond acceptors (Lipinski definition) is 4. The summed E-state index contributed by atoms with van der Waals surface area (Å²) in [6.45, 7) is -0.287. The van der Waals surface area contributed by atoms with Crippen LogP contribution >= 0.6 is 0 Å². The molecule has 2 N–H and O–H groups in total. The molecular formula is C21H26F3N3O3. The topological polar surface area (TPSA) is 64.1 Å². The maximum Gasteiger partial charge on any atom is 0.411 e. The van der Waals surface area contributed by atoms with Gasteiger partial charge >= 0.3 is 6.18 Å². The molecule has 2 aromatic carbocycles. The summed E-state index contributed by atoms with van der Waals surface area (Å²) in [6.07, 6.45) is -4.32. The summed E-state index contributed by atoms with van der Waals surface area (Å²) >= 11 is 0. The Morgan fingerprint density at radius 2 is 1.43 bits per heavy atom. The Bertz CT molecular complexity index is 824. The molecule has 0 fully saturated rings. The van der Waals surface area contributed by atoms with Gasteiger partial charge in [0.05, 0.1) is 20.8 Å². The van der Waals surface area contributed by atoms with Gasteiger partial charge in [0.1, 0.15) is 6.61 Å². The van der Waals surface area contributed by atoms with Crippen LogP contribution in [0.15, 0.2) is 47.5 Å². The SMILES string of the molecule is CN=C(NCc1ccc(COCC(F)(F)F)cc1)NCc1ccc(OC)c(OC)c1. The predicted octanol–water partition coefficient (Wildman–Crippen LogP) is 3.65. The van der Waals surface area contributed by atoms with Crippen LogP contribution in [0.4, 0.5) is 13.2 Å². The van der Waals surface area contributed by atoms with Gasteiger partial charge in [-0.05, 0) is 28.8 Å². The second kappa shape index (κ2) is 11.3. The van der Waals surface area contributed by atoms with Gasteiger partial charge in [0, 0.05) is 20.1 Å². The minimum absolute atomic E-state index is 0.0816. The van der Waals surface area contributed by atoms with Gasteiger partial charge in [-0.25, -0.2) is 0 Å². The largest absolute Gasteiger partial charge is 0.493 e. The Morgan fingerprint density at radius 1 is 0.867 bits per heavy atom. The van der Waals surface area contributed by atoms with Crippen molar-refractivity contribution in [3.8, 4) is 11.5 Å². The number of methoxy groups -OCH3 is 2. The highest BCUT2D eigenvalue weighted by molar-refractivity contribution is 5.79. The third-order valence-electron chi connectivity index (χ3n) is 4.15. The zero-order valence-electron chi connectivity index (χ0n) is 17.2. The molecule has 30 heavy (non-hydrogen) atoms. The van der Waals surface area contributed by atoms with E-state index < -0.39 is 12.8 Å². The molecule has 0 bridgehead atoms. The summed E-state index contributed by atoms with van der Waals surface area (Å²) in [5.41, 5.74) is 2.64. The van der Waals surface area contributed by atoms with Crippen LogP contribution in [0.1, 0.15) is 16.7 Å². The lowest BCUT2D eigenvalue weighted by Crippen LogP contribution is -2.36. The van der Waals surface area contributed by atoms with Gasteiger partial charge in [0.2, 0.25) is 0 Å². The molecule has 0 amide bonds. The molecule has 0 heterocycles.